The summed E-state index contributed by atoms with van der Waals surface area (Å²) in [5.41, 5.74) is 1.44. The molecule has 0 unspecified atom stereocenters. The molecule has 1 saturated heterocycles. The maximum absolute atomic E-state index is 6.12. The normalized spacial score (nSPS) is 24.1. The Morgan fingerprint density at radius 3 is 2.74 bits per heavy atom. The number of thiophene rings is 1. The van der Waals surface area contributed by atoms with Gasteiger partial charge in [-0.2, -0.15) is 0 Å². The highest BCUT2D eigenvalue weighted by molar-refractivity contribution is 7.10. The Labute approximate surface area is 168 Å². The molecular formula is C23H33NO2S. The van der Waals surface area contributed by atoms with Gasteiger partial charge in [-0.15, -0.1) is 11.3 Å². The van der Waals surface area contributed by atoms with Crippen molar-refractivity contribution in [2.75, 3.05) is 20.3 Å². The molecule has 1 aromatic carbocycles. The molecule has 0 bridgehead atoms. The van der Waals surface area contributed by atoms with E-state index in [4.69, 9.17) is 9.47 Å². The van der Waals surface area contributed by atoms with E-state index in [2.05, 4.69) is 67.9 Å². The van der Waals surface area contributed by atoms with Crippen LogP contribution in [-0.4, -0.2) is 26.4 Å². The minimum Gasteiger partial charge on any atom is -0.496 e. The van der Waals surface area contributed by atoms with E-state index in [-0.39, 0.29) is 5.41 Å². The van der Waals surface area contributed by atoms with Crippen LogP contribution in [0.25, 0.3) is 0 Å². The van der Waals surface area contributed by atoms with Gasteiger partial charge in [0, 0.05) is 28.5 Å². The smallest absolute Gasteiger partial charge is 0.122 e. The highest BCUT2D eigenvalue weighted by Crippen LogP contribution is 2.45. The minimum absolute atomic E-state index is 0.0992. The first-order valence-corrected chi connectivity index (χ1v) is 11.0. The van der Waals surface area contributed by atoms with E-state index < -0.39 is 0 Å². The first kappa shape index (κ1) is 20.4. The fourth-order valence-corrected chi connectivity index (χ4v) is 4.99. The van der Waals surface area contributed by atoms with Crippen LogP contribution >= 0.6 is 11.3 Å². The van der Waals surface area contributed by atoms with Gasteiger partial charge in [-0.1, -0.05) is 38.1 Å². The number of rotatable bonds is 8. The highest BCUT2D eigenvalue weighted by atomic mass is 32.1. The number of hydrogen-bond donors (Lipinski definition) is 1. The van der Waals surface area contributed by atoms with Crippen LogP contribution in [0.15, 0.2) is 41.8 Å². The molecule has 27 heavy (non-hydrogen) atoms. The summed E-state index contributed by atoms with van der Waals surface area (Å²) in [6.45, 7) is 8.59. The predicted molar refractivity (Wildman–Crippen MR) is 114 cm³/mol. The van der Waals surface area contributed by atoms with Gasteiger partial charge in [-0.05, 0) is 56.2 Å². The summed E-state index contributed by atoms with van der Waals surface area (Å²) in [5, 5.41) is 5.89. The molecule has 0 radical (unpaired) electrons. The third-order valence-electron chi connectivity index (χ3n) is 5.95. The van der Waals surface area contributed by atoms with E-state index in [1.165, 1.54) is 10.4 Å². The topological polar surface area (TPSA) is 30.5 Å². The zero-order chi connectivity index (χ0) is 19.3. The molecule has 3 rings (SSSR count). The van der Waals surface area contributed by atoms with Crippen LogP contribution in [0, 0.1) is 5.92 Å². The van der Waals surface area contributed by atoms with Crippen LogP contribution in [0.3, 0.4) is 0 Å². The van der Waals surface area contributed by atoms with Gasteiger partial charge in [0.05, 0.1) is 13.2 Å². The molecule has 2 heterocycles. The number of methoxy groups -OCH3 is 1. The Kier molecular flexibility index (Phi) is 6.96. The number of para-hydroxylation sites is 1. The summed E-state index contributed by atoms with van der Waals surface area (Å²) in [6.07, 6.45) is 3.50. The summed E-state index contributed by atoms with van der Waals surface area (Å²) in [6, 6.07) is 13.3. The van der Waals surface area contributed by atoms with Crippen molar-refractivity contribution in [2.24, 2.45) is 5.92 Å². The number of nitrogens with one attached hydrogen (secondary N) is 1. The lowest BCUT2D eigenvalue weighted by atomic mass is 9.68. The largest absolute Gasteiger partial charge is 0.496 e. The molecule has 0 spiro atoms. The van der Waals surface area contributed by atoms with Crippen molar-refractivity contribution in [3.8, 4) is 5.75 Å². The fraction of sp³-hybridized carbons (Fsp3) is 0.565. The molecule has 0 aliphatic carbocycles. The van der Waals surface area contributed by atoms with Gasteiger partial charge in [-0.25, -0.2) is 0 Å². The van der Waals surface area contributed by atoms with E-state index in [0.29, 0.717) is 18.1 Å². The van der Waals surface area contributed by atoms with E-state index >= 15 is 0 Å². The second-order valence-electron chi connectivity index (χ2n) is 8.03. The van der Waals surface area contributed by atoms with Crippen molar-refractivity contribution >= 4 is 11.3 Å². The summed E-state index contributed by atoms with van der Waals surface area (Å²) >= 11 is 1.82. The van der Waals surface area contributed by atoms with Gasteiger partial charge in [0.2, 0.25) is 0 Å². The molecule has 3 atom stereocenters. The van der Waals surface area contributed by atoms with Crippen molar-refractivity contribution < 1.29 is 9.47 Å². The molecule has 1 aromatic heterocycles. The highest BCUT2D eigenvalue weighted by Gasteiger charge is 2.40. The second kappa shape index (κ2) is 9.22. The zero-order valence-corrected chi connectivity index (χ0v) is 17.9. The van der Waals surface area contributed by atoms with Crippen LogP contribution in [0.2, 0.25) is 0 Å². The van der Waals surface area contributed by atoms with E-state index in [1.54, 1.807) is 7.11 Å². The molecule has 1 fully saturated rings. The molecule has 1 aliphatic heterocycles. The minimum atomic E-state index is 0.0992. The number of hydrogen-bond acceptors (Lipinski definition) is 4. The fourth-order valence-electron chi connectivity index (χ4n) is 4.24. The van der Waals surface area contributed by atoms with E-state index in [0.717, 1.165) is 38.2 Å². The van der Waals surface area contributed by atoms with E-state index in [1.807, 2.05) is 11.3 Å². The van der Waals surface area contributed by atoms with Gasteiger partial charge in [-0.3, -0.25) is 0 Å². The lowest BCUT2D eigenvalue weighted by Gasteiger charge is -2.43. The van der Waals surface area contributed by atoms with Gasteiger partial charge >= 0.3 is 0 Å². The quantitative estimate of drug-likeness (QED) is 0.642. The molecule has 148 valence electrons. The zero-order valence-electron chi connectivity index (χ0n) is 17.0. The van der Waals surface area contributed by atoms with Crippen molar-refractivity contribution in [2.45, 2.75) is 57.6 Å². The molecule has 0 amide bonds. The van der Waals surface area contributed by atoms with Crippen molar-refractivity contribution in [1.29, 1.82) is 0 Å². The van der Waals surface area contributed by atoms with Crippen LogP contribution < -0.4 is 10.1 Å². The Bertz CT molecular complexity index is 700. The number of ether oxygens (including phenoxy) is 2. The summed E-state index contributed by atoms with van der Waals surface area (Å²) < 4.78 is 11.9. The Morgan fingerprint density at radius 2 is 2.04 bits per heavy atom. The van der Waals surface area contributed by atoms with Gasteiger partial charge in [0.25, 0.3) is 0 Å². The Hall–Kier alpha value is -1.36. The average Bonchev–Trinajstić information content (AvgIpc) is 3.23. The monoisotopic (exact) mass is 387 g/mol. The Morgan fingerprint density at radius 1 is 1.22 bits per heavy atom. The summed E-state index contributed by atoms with van der Waals surface area (Å²) in [5.74, 6) is 1.53. The van der Waals surface area contributed by atoms with Crippen LogP contribution in [0.1, 0.15) is 56.5 Å². The maximum Gasteiger partial charge on any atom is 0.122 e. The average molecular weight is 388 g/mol. The van der Waals surface area contributed by atoms with Crippen LogP contribution in [-0.2, 0) is 10.2 Å². The third kappa shape index (κ3) is 4.74. The second-order valence-corrected chi connectivity index (χ2v) is 9.01. The van der Waals surface area contributed by atoms with Crippen molar-refractivity contribution in [3.63, 3.8) is 0 Å². The lowest BCUT2D eigenvalue weighted by Crippen LogP contribution is -2.43. The molecule has 4 heteroatoms. The first-order chi connectivity index (χ1) is 13.1. The van der Waals surface area contributed by atoms with Crippen LogP contribution in [0.4, 0.5) is 0 Å². The van der Waals surface area contributed by atoms with E-state index in [9.17, 15) is 0 Å². The third-order valence-corrected chi connectivity index (χ3v) is 7.01. The maximum atomic E-state index is 6.12. The van der Waals surface area contributed by atoms with Gasteiger partial charge < -0.3 is 14.8 Å². The lowest BCUT2D eigenvalue weighted by molar-refractivity contribution is -0.0474. The molecule has 1 N–H and O–H groups in total. The molecule has 0 saturated carbocycles. The molecule has 2 aromatic rings. The molecular weight excluding hydrogens is 354 g/mol. The molecule has 3 nitrogen and oxygen atoms in total. The Balaban J connectivity index is 1.79. The number of benzene rings is 1. The summed E-state index contributed by atoms with van der Waals surface area (Å²) in [4.78, 5) is 1.40. The summed E-state index contributed by atoms with van der Waals surface area (Å²) in [7, 11) is 1.78. The van der Waals surface area contributed by atoms with Gasteiger partial charge in [0.15, 0.2) is 0 Å². The van der Waals surface area contributed by atoms with Crippen LogP contribution in [0.5, 0.6) is 5.75 Å². The SMILES string of the molecule is COc1ccccc1[C@@]1(CCN[C@@H](C)c2cccs2)CCO[C@@H](C(C)C)C1. The first-order valence-electron chi connectivity index (χ1n) is 10.1. The standard InChI is InChI=1S/C23H33NO2S/c1-17(2)21-16-23(12-14-26-21,19-8-5-6-9-20(19)25-4)11-13-24-18(3)22-10-7-15-27-22/h5-10,15,17-18,21,24H,11-14,16H2,1-4H3/t18-,21+,23-/m0/s1. The molecule has 1 aliphatic rings. The predicted octanol–water partition coefficient (Wildman–Crippen LogP) is 5.57. The van der Waals surface area contributed by atoms with Gasteiger partial charge in [0.1, 0.15) is 5.75 Å². The van der Waals surface area contributed by atoms with Crippen molar-refractivity contribution in [1.82, 2.24) is 5.32 Å². The van der Waals surface area contributed by atoms with Crippen molar-refractivity contribution in [3.05, 3.63) is 52.2 Å².